The van der Waals surface area contributed by atoms with Gasteiger partial charge in [-0.2, -0.15) is 0 Å². The van der Waals surface area contributed by atoms with Gasteiger partial charge in [0.2, 0.25) is 17.7 Å². The molecule has 0 aliphatic carbocycles. The van der Waals surface area contributed by atoms with Gasteiger partial charge >= 0.3 is 0 Å². The van der Waals surface area contributed by atoms with Crippen molar-refractivity contribution in [2.75, 3.05) is 33.2 Å². The average molecular weight is 257 g/mol. The van der Waals surface area contributed by atoms with Gasteiger partial charge in [0.1, 0.15) is 0 Å². The molecule has 0 saturated carbocycles. The minimum atomic E-state index is -0.237. The Morgan fingerprint density at radius 1 is 1.11 bits per heavy atom. The molecular weight excluding hydrogens is 234 g/mol. The summed E-state index contributed by atoms with van der Waals surface area (Å²) in [5.41, 5.74) is 0. The van der Waals surface area contributed by atoms with Gasteiger partial charge in [0.05, 0.1) is 13.1 Å². The first-order chi connectivity index (χ1) is 8.42. The first-order valence-electron chi connectivity index (χ1n) is 6.18. The fourth-order valence-corrected chi connectivity index (χ4v) is 1.35. The number of nitrogens with zero attached hydrogens (tertiary/aromatic N) is 2. The van der Waals surface area contributed by atoms with Gasteiger partial charge in [0, 0.05) is 27.1 Å². The molecule has 0 fully saturated rings. The fourth-order valence-electron chi connectivity index (χ4n) is 1.35. The monoisotopic (exact) mass is 257 g/mol. The van der Waals surface area contributed by atoms with Crippen LogP contribution in [-0.4, -0.2) is 60.7 Å². The maximum Gasteiger partial charge on any atom is 0.242 e. The van der Waals surface area contributed by atoms with E-state index in [1.165, 1.54) is 16.7 Å². The second kappa shape index (κ2) is 8.49. The zero-order valence-electron chi connectivity index (χ0n) is 11.7. The number of hydrogen-bond donors (Lipinski definition) is 1. The maximum atomic E-state index is 11.8. The molecule has 0 unspecified atom stereocenters. The summed E-state index contributed by atoms with van der Waals surface area (Å²) in [6.45, 7) is 6.32. The number of rotatable bonds is 7. The van der Waals surface area contributed by atoms with Gasteiger partial charge in [-0.05, 0) is 13.3 Å². The number of carbonyl (C=O) groups excluding carboxylic acids is 3. The van der Waals surface area contributed by atoms with E-state index in [9.17, 15) is 14.4 Å². The van der Waals surface area contributed by atoms with E-state index >= 15 is 0 Å². The quantitative estimate of drug-likeness (QED) is 0.689. The SMILES string of the molecule is CCCNC(=O)CN(C)C(=O)CN(CC)C(C)=O. The first kappa shape index (κ1) is 16.4. The second-order valence-corrected chi connectivity index (χ2v) is 4.13. The number of nitrogens with one attached hydrogen (secondary N) is 1. The molecule has 0 atom stereocenters. The number of hydrogen-bond acceptors (Lipinski definition) is 3. The van der Waals surface area contributed by atoms with Crippen LogP contribution in [0.15, 0.2) is 0 Å². The molecule has 0 bridgehead atoms. The Kier molecular flexibility index (Phi) is 7.74. The topological polar surface area (TPSA) is 69.7 Å². The largest absolute Gasteiger partial charge is 0.355 e. The second-order valence-electron chi connectivity index (χ2n) is 4.13. The zero-order chi connectivity index (χ0) is 14.1. The number of likely N-dealkylation sites (N-methyl/N-ethyl adjacent to an activating group) is 2. The summed E-state index contributed by atoms with van der Waals surface area (Å²) in [6.07, 6.45) is 0.858. The molecule has 104 valence electrons. The number of carbonyl (C=O) groups is 3. The Morgan fingerprint density at radius 2 is 1.72 bits per heavy atom. The highest BCUT2D eigenvalue weighted by Gasteiger charge is 2.16. The molecule has 0 aromatic carbocycles. The molecule has 0 aliphatic rings. The van der Waals surface area contributed by atoms with Crippen molar-refractivity contribution in [3.63, 3.8) is 0 Å². The predicted molar refractivity (Wildman–Crippen MR) is 68.9 cm³/mol. The Balaban J connectivity index is 4.17. The smallest absolute Gasteiger partial charge is 0.242 e. The van der Waals surface area contributed by atoms with E-state index in [2.05, 4.69) is 5.32 Å². The van der Waals surface area contributed by atoms with E-state index < -0.39 is 0 Å². The third kappa shape index (κ3) is 6.22. The highest BCUT2D eigenvalue weighted by molar-refractivity contribution is 5.87. The van der Waals surface area contributed by atoms with Gasteiger partial charge in [0.25, 0.3) is 0 Å². The van der Waals surface area contributed by atoms with Crippen LogP contribution in [0.3, 0.4) is 0 Å². The van der Waals surface area contributed by atoms with Crippen molar-refractivity contribution in [3.8, 4) is 0 Å². The molecule has 3 amide bonds. The molecule has 6 nitrogen and oxygen atoms in total. The zero-order valence-corrected chi connectivity index (χ0v) is 11.7. The fraction of sp³-hybridized carbons (Fsp3) is 0.750. The van der Waals surface area contributed by atoms with Gasteiger partial charge in [-0.15, -0.1) is 0 Å². The van der Waals surface area contributed by atoms with E-state index in [1.54, 1.807) is 7.05 Å². The van der Waals surface area contributed by atoms with Gasteiger partial charge in [0.15, 0.2) is 0 Å². The third-order valence-electron chi connectivity index (χ3n) is 2.53. The van der Waals surface area contributed by atoms with E-state index in [0.717, 1.165) is 6.42 Å². The average Bonchev–Trinajstić information content (AvgIpc) is 2.32. The lowest BCUT2D eigenvalue weighted by atomic mass is 10.4. The van der Waals surface area contributed by atoms with Crippen molar-refractivity contribution >= 4 is 17.7 Å². The summed E-state index contributed by atoms with van der Waals surface area (Å²) in [5, 5.41) is 2.69. The van der Waals surface area contributed by atoms with Gasteiger partial charge in [-0.25, -0.2) is 0 Å². The summed E-state index contributed by atoms with van der Waals surface area (Å²) in [7, 11) is 1.56. The number of amides is 3. The lowest BCUT2D eigenvalue weighted by Gasteiger charge is -2.22. The summed E-state index contributed by atoms with van der Waals surface area (Å²) in [5.74, 6) is -0.563. The Bertz CT molecular complexity index is 305. The van der Waals surface area contributed by atoms with Crippen LogP contribution >= 0.6 is 0 Å². The highest BCUT2D eigenvalue weighted by atomic mass is 16.2. The summed E-state index contributed by atoms with van der Waals surface area (Å²) in [4.78, 5) is 37.1. The lowest BCUT2D eigenvalue weighted by molar-refractivity contribution is -0.140. The van der Waals surface area contributed by atoms with Crippen LogP contribution in [0.4, 0.5) is 0 Å². The van der Waals surface area contributed by atoms with Gasteiger partial charge in [-0.3, -0.25) is 14.4 Å². The molecule has 0 aliphatic heterocycles. The molecule has 0 saturated heterocycles. The maximum absolute atomic E-state index is 11.8. The minimum absolute atomic E-state index is 0.0173. The summed E-state index contributed by atoms with van der Waals surface area (Å²) in [6, 6.07) is 0. The minimum Gasteiger partial charge on any atom is -0.355 e. The van der Waals surface area contributed by atoms with Crippen LogP contribution in [0.5, 0.6) is 0 Å². The van der Waals surface area contributed by atoms with Gasteiger partial charge < -0.3 is 15.1 Å². The van der Waals surface area contributed by atoms with Crippen LogP contribution in [0.25, 0.3) is 0 Å². The van der Waals surface area contributed by atoms with E-state index in [1.807, 2.05) is 13.8 Å². The molecule has 0 rings (SSSR count). The van der Waals surface area contributed by atoms with Crippen molar-refractivity contribution in [3.05, 3.63) is 0 Å². The molecule has 18 heavy (non-hydrogen) atoms. The van der Waals surface area contributed by atoms with Crippen molar-refractivity contribution in [1.29, 1.82) is 0 Å². The molecular formula is C12H23N3O3. The predicted octanol–water partition coefficient (Wildman–Crippen LogP) is -0.161. The van der Waals surface area contributed by atoms with Crippen molar-refractivity contribution in [2.24, 2.45) is 0 Å². The Labute approximate surface area is 108 Å². The van der Waals surface area contributed by atoms with Crippen LogP contribution in [0, 0.1) is 0 Å². The van der Waals surface area contributed by atoms with E-state index in [4.69, 9.17) is 0 Å². The van der Waals surface area contributed by atoms with Crippen molar-refractivity contribution < 1.29 is 14.4 Å². The van der Waals surface area contributed by atoms with Crippen LogP contribution < -0.4 is 5.32 Å². The molecule has 6 heteroatoms. The standard InChI is InChI=1S/C12H23N3O3/c1-5-7-13-11(17)8-14(4)12(18)9-15(6-2)10(3)16/h5-9H2,1-4H3,(H,13,17). The van der Waals surface area contributed by atoms with Crippen LogP contribution in [0.2, 0.25) is 0 Å². The van der Waals surface area contributed by atoms with Crippen molar-refractivity contribution in [2.45, 2.75) is 27.2 Å². The highest BCUT2D eigenvalue weighted by Crippen LogP contribution is 1.93. The molecule has 0 radical (unpaired) electrons. The molecule has 0 aromatic heterocycles. The summed E-state index contributed by atoms with van der Waals surface area (Å²) < 4.78 is 0. The Morgan fingerprint density at radius 3 is 2.17 bits per heavy atom. The normalized spacial score (nSPS) is 9.78. The third-order valence-corrected chi connectivity index (χ3v) is 2.53. The Hall–Kier alpha value is -1.59. The van der Waals surface area contributed by atoms with Gasteiger partial charge in [-0.1, -0.05) is 6.92 Å². The summed E-state index contributed by atoms with van der Waals surface area (Å²) >= 11 is 0. The molecule has 1 N–H and O–H groups in total. The van der Waals surface area contributed by atoms with E-state index in [0.29, 0.717) is 13.1 Å². The van der Waals surface area contributed by atoms with E-state index in [-0.39, 0.29) is 30.8 Å². The lowest BCUT2D eigenvalue weighted by Crippen LogP contribution is -2.44. The molecule has 0 heterocycles. The van der Waals surface area contributed by atoms with Crippen LogP contribution in [0.1, 0.15) is 27.2 Å². The first-order valence-corrected chi connectivity index (χ1v) is 6.18. The van der Waals surface area contributed by atoms with Crippen LogP contribution in [-0.2, 0) is 14.4 Å². The molecule has 0 aromatic rings. The molecule has 0 spiro atoms. The van der Waals surface area contributed by atoms with Crippen molar-refractivity contribution in [1.82, 2.24) is 15.1 Å².